The first-order valence-corrected chi connectivity index (χ1v) is 6.30. The quantitative estimate of drug-likeness (QED) is 0.825. The predicted molar refractivity (Wildman–Crippen MR) is 67.6 cm³/mol. The van der Waals surface area contributed by atoms with Gasteiger partial charge in [0.05, 0.1) is 0 Å². The third-order valence-corrected chi connectivity index (χ3v) is 3.19. The van der Waals surface area contributed by atoms with Crippen LogP contribution < -0.4 is 5.32 Å². The molecule has 102 valence electrons. The minimum Gasteiger partial charge on any atom is -0.303 e. The van der Waals surface area contributed by atoms with Crippen LogP contribution in [-0.4, -0.2) is 12.7 Å². The van der Waals surface area contributed by atoms with Crippen molar-refractivity contribution in [2.75, 3.05) is 6.54 Å². The number of hydrogen-bond donors (Lipinski definition) is 1. The van der Waals surface area contributed by atoms with E-state index < -0.39 is 12.2 Å². The van der Waals surface area contributed by atoms with Crippen molar-refractivity contribution < 1.29 is 13.2 Å². The van der Waals surface area contributed by atoms with Gasteiger partial charge in [0.15, 0.2) is 0 Å². The fourth-order valence-corrected chi connectivity index (χ4v) is 1.88. The van der Waals surface area contributed by atoms with Crippen LogP contribution in [0.4, 0.5) is 13.2 Å². The Hall–Kier alpha value is -1.03. The summed E-state index contributed by atoms with van der Waals surface area (Å²) in [5.74, 6) is 0.377. The van der Waals surface area contributed by atoms with Crippen molar-refractivity contribution in [3.05, 3.63) is 35.4 Å². The first-order chi connectivity index (χ1) is 8.40. The van der Waals surface area contributed by atoms with E-state index in [1.54, 1.807) is 31.2 Å². The van der Waals surface area contributed by atoms with Gasteiger partial charge in [0.25, 0.3) is 0 Å². The number of alkyl halides is 3. The van der Waals surface area contributed by atoms with E-state index in [1.165, 1.54) is 0 Å². The molecule has 1 aromatic rings. The third-order valence-electron chi connectivity index (χ3n) is 3.19. The molecule has 0 fully saturated rings. The fourth-order valence-electron chi connectivity index (χ4n) is 1.88. The Balaban J connectivity index is 2.94. The summed E-state index contributed by atoms with van der Waals surface area (Å²) in [6.45, 7) is 6.10. The van der Waals surface area contributed by atoms with Crippen LogP contribution in [0, 0.1) is 0 Å². The zero-order valence-electron chi connectivity index (χ0n) is 11.0. The van der Waals surface area contributed by atoms with E-state index in [0.717, 1.165) is 12.0 Å². The lowest BCUT2D eigenvalue weighted by molar-refractivity contribution is -0.157. The molecule has 0 aromatic heterocycles. The van der Waals surface area contributed by atoms with Crippen LogP contribution in [0.2, 0.25) is 0 Å². The maximum Gasteiger partial charge on any atom is 0.407 e. The average Bonchev–Trinajstić information content (AvgIpc) is 2.34. The van der Waals surface area contributed by atoms with Crippen LogP contribution in [0.3, 0.4) is 0 Å². The molecule has 0 heterocycles. The van der Waals surface area contributed by atoms with Crippen LogP contribution in [0.25, 0.3) is 0 Å². The average molecular weight is 259 g/mol. The second-order valence-corrected chi connectivity index (χ2v) is 4.51. The zero-order valence-corrected chi connectivity index (χ0v) is 11.0. The molecule has 18 heavy (non-hydrogen) atoms. The summed E-state index contributed by atoms with van der Waals surface area (Å²) in [6, 6.07) is 5.15. The molecule has 0 aliphatic heterocycles. The van der Waals surface area contributed by atoms with Crippen molar-refractivity contribution >= 4 is 0 Å². The third kappa shape index (κ3) is 3.73. The summed E-state index contributed by atoms with van der Waals surface area (Å²) >= 11 is 0. The molecular formula is C14H20F3N. The Bertz CT molecular complexity index is 356. The molecule has 0 bridgehead atoms. The minimum absolute atomic E-state index is 0.274. The monoisotopic (exact) mass is 259 g/mol. The molecule has 1 aromatic carbocycles. The molecule has 2 atom stereocenters. The highest BCUT2D eigenvalue weighted by molar-refractivity contribution is 5.28. The van der Waals surface area contributed by atoms with E-state index in [0.29, 0.717) is 5.92 Å². The molecule has 4 heteroatoms. The van der Waals surface area contributed by atoms with Crippen molar-refractivity contribution in [2.45, 2.75) is 45.3 Å². The van der Waals surface area contributed by atoms with Gasteiger partial charge in [0.2, 0.25) is 0 Å². The van der Waals surface area contributed by atoms with Gasteiger partial charge in [-0.15, -0.1) is 0 Å². The van der Waals surface area contributed by atoms with Crippen LogP contribution in [0.5, 0.6) is 0 Å². The first kappa shape index (κ1) is 15.0. The first-order valence-electron chi connectivity index (χ1n) is 6.30. The Morgan fingerprint density at radius 3 is 1.94 bits per heavy atom. The lowest BCUT2D eigenvalue weighted by Gasteiger charge is -2.22. The Labute approximate surface area is 106 Å². The number of benzene rings is 1. The highest BCUT2D eigenvalue weighted by Crippen LogP contribution is 2.33. The molecule has 1 nitrogen and oxygen atoms in total. The predicted octanol–water partition coefficient (Wildman–Crippen LogP) is 4.41. The lowest BCUT2D eigenvalue weighted by Crippen LogP contribution is -2.33. The van der Waals surface area contributed by atoms with E-state index in [2.05, 4.69) is 19.2 Å². The highest BCUT2D eigenvalue weighted by Gasteiger charge is 2.40. The number of rotatable bonds is 5. The van der Waals surface area contributed by atoms with Crippen molar-refractivity contribution in [2.24, 2.45) is 0 Å². The van der Waals surface area contributed by atoms with Crippen LogP contribution in [0.1, 0.15) is 50.3 Å². The van der Waals surface area contributed by atoms with Gasteiger partial charge in [-0.3, -0.25) is 0 Å². The molecule has 1 N–H and O–H groups in total. The van der Waals surface area contributed by atoms with Crippen molar-refractivity contribution in [3.63, 3.8) is 0 Å². The molecule has 0 aliphatic rings. The molecule has 0 radical (unpaired) electrons. The largest absolute Gasteiger partial charge is 0.407 e. The molecular weight excluding hydrogens is 239 g/mol. The highest BCUT2D eigenvalue weighted by atomic mass is 19.4. The second kappa shape index (κ2) is 6.23. The number of hydrogen-bond acceptors (Lipinski definition) is 1. The summed E-state index contributed by atoms with van der Waals surface area (Å²) in [4.78, 5) is 0. The van der Waals surface area contributed by atoms with Gasteiger partial charge in [0, 0.05) is 0 Å². The summed E-state index contributed by atoms with van der Waals surface area (Å²) < 4.78 is 38.6. The SMILES string of the molecule is CCNC(c1ccc(C(C)CC)cc1)C(F)(F)F. The van der Waals surface area contributed by atoms with E-state index in [1.807, 2.05) is 0 Å². The molecule has 0 spiro atoms. The zero-order chi connectivity index (χ0) is 13.8. The summed E-state index contributed by atoms with van der Waals surface area (Å²) in [6.07, 6.45) is -3.27. The second-order valence-electron chi connectivity index (χ2n) is 4.51. The fraction of sp³-hybridized carbons (Fsp3) is 0.571. The van der Waals surface area contributed by atoms with Crippen molar-refractivity contribution in [1.29, 1.82) is 0 Å². The molecule has 0 saturated carbocycles. The Morgan fingerprint density at radius 1 is 1.06 bits per heavy atom. The van der Waals surface area contributed by atoms with Gasteiger partial charge in [-0.25, -0.2) is 0 Å². The van der Waals surface area contributed by atoms with Gasteiger partial charge >= 0.3 is 6.18 Å². The molecule has 0 aliphatic carbocycles. The summed E-state index contributed by atoms with van der Waals surface area (Å²) in [7, 11) is 0. The maximum atomic E-state index is 12.9. The summed E-state index contributed by atoms with van der Waals surface area (Å²) in [5, 5.41) is 2.48. The maximum absolute atomic E-state index is 12.9. The standard InChI is InChI=1S/C14H20F3N/c1-4-10(3)11-6-8-12(9-7-11)13(18-5-2)14(15,16)17/h6-10,13,18H,4-5H2,1-3H3. The topological polar surface area (TPSA) is 12.0 Å². The molecule has 2 unspecified atom stereocenters. The van der Waals surface area contributed by atoms with Gasteiger partial charge in [-0.2, -0.15) is 13.2 Å². The lowest BCUT2D eigenvalue weighted by atomic mass is 9.96. The molecule has 0 saturated heterocycles. The van der Waals surface area contributed by atoms with Gasteiger partial charge in [0.1, 0.15) is 6.04 Å². The number of halogens is 3. The number of nitrogens with one attached hydrogen (secondary N) is 1. The minimum atomic E-state index is -4.26. The van der Waals surface area contributed by atoms with Crippen LogP contribution in [0.15, 0.2) is 24.3 Å². The normalized spacial score (nSPS) is 15.4. The molecule has 1 rings (SSSR count). The van der Waals surface area contributed by atoms with Crippen molar-refractivity contribution in [3.8, 4) is 0 Å². The van der Waals surface area contributed by atoms with Gasteiger partial charge in [-0.1, -0.05) is 45.0 Å². The van der Waals surface area contributed by atoms with Gasteiger partial charge < -0.3 is 5.32 Å². The van der Waals surface area contributed by atoms with Gasteiger partial charge in [-0.05, 0) is 30.0 Å². The van der Waals surface area contributed by atoms with Crippen molar-refractivity contribution in [1.82, 2.24) is 5.32 Å². The Kier molecular flexibility index (Phi) is 5.20. The smallest absolute Gasteiger partial charge is 0.303 e. The van der Waals surface area contributed by atoms with Crippen LogP contribution >= 0.6 is 0 Å². The Morgan fingerprint density at radius 2 is 1.56 bits per heavy atom. The van der Waals surface area contributed by atoms with E-state index >= 15 is 0 Å². The van der Waals surface area contributed by atoms with E-state index in [-0.39, 0.29) is 12.1 Å². The van der Waals surface area contributed by atoms with E-state index in [9.17, 15) is 13.2 Å². The molecule has 0 amide bonds. The summed E-state index contributed by atoms with van der Waals surface area (Å²) in [5.41, 5.74) is 1.36. The van der Waals surface area contributed by atoms with Crippen LogP contribution in [-0.2, 0) is 0 Å². The van der Waals surface area contributed by atoms with E-state index in [4.69, 9.17) is 0 Å².